The lowest BCUT2D eigenvalue weighted by Gasteiger charge is -2.43. The quantitative estimate of drug-likeness (QED) is 0.891. The first-order valence-electron chi connectivity index (χ1n) is 6.92. The fraction of sp³-hybridized carbons (Fsp3) is 0.667. The molecule has 0 aromatic carbocycles. The van der Waals surface area contributed by atoms with E-state index in [1.807, 2.05) is 12.4 Å². The van der Waals surface area contributed by atoms with Crippen molar-refractivity contribution in [1.29, 1.82) is 0 Å². The number of aromatic nitrogens is 1. The Balaban J connectivity index is 2.01. The fourth-order valence-electron chi connectivity index (χ4n) is 3.54. The third-order valence-corrected chi connectivity index (χ3v) is 4.16. The number of rotatable bonds is 3. The van der Waals surface area contributed by atoms with Crippen LogP contribution in [0.3, 0.4) is 0 Å². The predicted molar refractivity (Wildman–Crippen MR) is 75.0 cm³/mol. The first-order chi connectivity index (χ1) is 8.58. The van der Waals surface area contributed by atoms with E-state index in [9.17, 15) is 0 Å². The van der Waals surface area contributed by atoms with Gasteiger partial charge in [0, 0.05) is 31.0 Å². The Kier molecular flexibility index (Phi) is 4.36. The lowest BCUT2D eigenvalue weighted by Crippen LogP contribution is -2.53. The van der Waals surface area contributed by atoms with Crippen LogP contribution in [-0.2, 0) is 6.54 Å². The van der Waals surface area contributed by atoms with Crippen LogP contribution in [0.1, 0.15) is 32.3 Å². The summed E-state index contributed by atoms with van der Waals surface area (Å²) in [5, 5.41) is 0. The van der Waals surface area contributed by atoms with Crippen molar-refractivity contribution < 1.29 is 0 Å². The lowest BCUT2D eigenvalue weighted by atomic mass is 9.76. The third kappa shape index (κ3) is 3.09. The first kappa shape index (κ1) is 13.5. The lowest BCUT2D eigenvalue weighted by molar-refractivity contribution is 0.0911. The molecule has 3 heteroatoms. The van der Waals surface area contributed by atoms with Crippen molar-refractivity contribution in [3.05, 3.63) is 30.1 Å². The van der Waals surface area contributed by atoms with Crippen LogP contribution in [0.2, 0.25) is 0 Å². The van der Waals surface area contributed by atoms with Gasteiger partial charge in [0.05, 0.1) is 0 Å². The van der Waals surface area contributed by atoms with Crippen LogP contribution in [0.15, 0.2) is 24.5 Å². The Labute approximate surface area is 110 Å². The zero-order valence-corrected chi connectivity index (χ0v) is 11.7. The van der Waals surface area contributed by atoms with E-state index in [1.165, 1.54) is 12.0 Å². The predicted octanol–water partition coefficient (Wildman–Crippen LogP) is 2.28. The van der Waals surface area contributed by atoms with Gasteiger partial charge in [0.25, 0.3) is 0 Å². The average molecular weight is 247 g/mol. The summed E-state index contributed by atoms with van der Waals surface area (Å²) in [4.78, 5) is 6.48. The van der Waals surface area contributed by atoms with E-state index in [0.29, 0.717) is 18.0 Å². The second-order valence-electron chi connectivity index (χ2n) is 5.98. The SMILES string of the molecule is CC1CC(C)C(N(C)Cc2ccncc2)C(N)C1. The highest BCUT2D eigenvalue weighted by Crippen LogP contribution is 2.31. The third-order valence-electron chi connectivity index (χ3n) is 4.16. The molecule has 1 fully saturated rings. The summed E-state index contributed by atoms with van der Waals surface area (Å²) in [5.41, 5.74) is 7.67. The number of likely N-dealkylation sites (N-methyl/N-ethyl adjacent to an activating group) is 1. The van der Waals surface area contributed by atoms with Gasteiger partial charge in [-0.3, -0.25) is 9.88 Å². The summed E-state index contributed by atoms with van der Waals surface area (Å²) in [5.74, 6) is 1.44. The van der Waals surface area contributed by atoms with Gasteiger partial charge in [-0.05, 0) is 49.4 Å². The van der Waals surface area contributed by atoms with E-state index in [-0.39, 0.29) is 0 Å². The monoisotopic (exact) mass is 247 g/mol. The van der Waals surface area contributed by atoms with Gasteiger partial charge in [-0.1, -0.05) is 13.8 Å². The standard InChI is InChI=1S/C15H25N3/c1-11-8-12(2)15(14(16)9-11)18(3)10-13-4-6-17-7-5-13/h4-7,11-12,14-15H,8-10,16H2,1-3H3. The summed E-state index contributed by atoms with van der Waals surface area (Å²) < 4.78 is 0. The molecule has 18 heavy (non-hydrogen) atoms. The van der Waals surface area contributed by atoms with Crippen LogP contribution in [0.4, 0.5) is 0 Å². The minimum absolute atomic E-state index is 0.301. The highest BCUT2D eigenvalue weighted by atomic mass is 15.2. The maximum atomic E-state index is 6.36. The number of nitrogens with two attached hydrogens (primary N) is 1. The zero-order valence-electron chi connectivity index (χ0n) is 11.7. The van der Waals surface area contributed by atoms with Crippen molar-refractivity contribution in [2.24, 2.45) is 17.6 Å². The Morgan fingerprint density at radius 2 is 1.94 bits per heavy atom. The molecular formula is C15H25N3. The summed E-state index contributed by atoms with van der Waals surface area (Å²) in [6.07, 6.45) is 6.15. The number of nitrogens with zero attached hydrogens (tertiary/aromatic N) is 2. The maximum Gasteiger partial charge on any atom is 0.0273 e. The van der Waals surface area contributed by atoms with Gasteiger partial charge in [0.1, 0.15) is 0 Å². The number of pyridine rings is 1. The molecule has 0 aliphatic heterocycles. The number of hydrogen-bond donors (Lipinski definition) is 1. The maximum absolute atomic E-state index is 6.36. The summed E-state index contributed by atoms with van der Waals surface area (Å²) >= 11 is 0. The van der Waals surface area contributed by atoms with Gasteiger partial charge in [-0.25, -0.2) is 0 Å². The molecule has 0 saturated heterocycles. The smallest absolute Gasteiger partial charge is 0.0273 e. The minimum Gasteiger partial charge on any atom is -0.326 e. The molecule has 0 bridgehead atoms. The van der Waals surface area contributed by atoms with Crippen LogP contribution in [-0.4, -0.2) is 29.0 Å². The molecule has 1 heterocycles. The summed E-state index contributed by atoms with van der Waals surface area (Å²) in [6.45, 7) is 5.61. The van der Waals surface area contributed by atoms with E-state index in [1.54, 1.807) is 0 Å². The summed E-state index contributed by atoms with van der Waals surface area (Å²) in [7, 11) is 2.19. The van der Waals surface area contributed by atoms with Crippen molar-refractivity contribution >= 4 is 0 Å². The van der Waals surface area contributed by atoms with Crippen LogP contribution in [0.5, 0.6) is 0 Å². The van der Waals surface area contributed by atoms with Gasteiger partial charge in [0.2, 0.25) is 0 Å². The van der Waals surface area contributed by atoms with Crippen molar-refractivity contribution in [3.8, 4) is 0 Å². The Morgan fingerprint density at radius 3 is 2.56 bits per heavy atom. The Morgan fingerprint density at radius 1 is 1.28 bits per heavy atom. The molecule has 1 saturated carbocycles. The zero-order chi connectivity index (χ0) is 13.1. The molecule has 0 radical (unpaired) electrons. The highest BCUT2D eigenvalue weighted by molar-refractivity contribution is 5.10. The second kappa shape index (κ2) is 5.81. The van der Waals surface area contributed by atoms with Crippen LogP contribution < -0.4 is 5.73 Å². The van der Waals surface area contributed by atoms with E-state index >= 15 is 0 Å². The van der Waals surface area contributed by atoms with E-state index in [4.69, 9.17) is 5.73 Å². The van der Waals surface area contributed by atoms with Crippen LogP contribution in [0.25, 0.3) is 0 Å². The fourth-order valence-corrected chi connectivity index (χ4v) is 3.54. The number of hydrogen-bond acceptors (Lipinski definition) is 3. The van der Waals surface area contributed by atoms with Gasteiger partial charge in [-0.15, -0.1) is 0 Å². The van der Waals surface area contributed by atoms with E-state index in [2.05, 4.69) is 42.9 Å². The molecule has 2 rings (SSSR count). The molecule has 100 valence electrons. The molecule has 2 N–H and O–H groups in total. The second-order valence-corrected chi connectivity index (χ2v) is 5.98. The van der Waals surface area contributed by atoms with Crippen LogP contribution >= 0.6 is 0 Å². The molecular weight excluding hydrogens is 222 g/mol. The normalized spacial score (nSPS) is 32.7. The molecule has 4 atom stereocenters. The van der Waals surface area contributed by atoms with Crippen molar-refractivity contribution in [2.75, 3.05) is 7.05 Å². The molecule has 1 aliphatic carbocycles. The largest absolute Gasteiger partial charge is 0.326 e. The van der Waals surface area contributed by atoms with Crippen LogP contribution in [0, 0.1) is 11.8 Å². The van der Waals surface area contributed by atoms with Crippen molar-refractivity contribution in [3.63, 3.8) is 0 Å². The highest BCUT2D eigenvalue weighted by Gasteiger charge is 2.34. The van der Waals surface area contributed by atoms with Crippen molar-refractivity contribution in [2.45, 2.75) is 45.3 Å². The molecule has 4 unspecified atom stereocenters. The molecule has 1 aromatic heterocycles. The molecule has 1 aliphatic rings. The molecule has 0 amide bonds. The van der Waals surface area contributed by atoms with E-state index < -0.39 is 0 Å². The van der Waals surface area contributed by atoms with Gasteiger partial charge >= 0.3 is 0 Å². The van der Waals surface area contributed by atoms with Crippen molar-refractivity contribution in [1.82, 2.24) is 9.88 Å². The first-order valence-corrected chi connectivity index (χ1v) is 6.92. The molecule has 3 nitrogen and oxygen atoms in total. The average Bonchev–Trinajstić information content (AvgIpc) is 2.28. The van der Waals surface area contributed by atoms with Gasteiger partial charge < -0.3 is 5.73 Å². The Hall–Kier alpha value is -0.930. The minimum atomic E-state index is 0.301. The van der Waals surface area contributed by atoms with Gasteiger partial charge in [0.15, 0.2) is 0 Å². The molecule has 1 aromatic rings. The topological polar surface area (TPSA) is 42.2 Å². The molecule has 0 spiro atoms. The summed E-state index contributed by atoms with van der Waals surface area (Å²) in [6, 6.07) is 4.96. The van der Waals surface area contributed by atoms with Gasteiger partial charge in [-0.2, -0.15) is 0 Å². The Bertz CT molecular complexity index is 353. The van der Waals surface area contributed by atoms with E-state index in [0.717, 1.165) is 18.9 Å².